The molecule has 0 aliphatic carbocycles. The van der Waals surface area contributed by atoms with Gasteiger partial charge in [0.1, 0.15) is 11.8 Å². The molecular formula is C13H17ClF2N4O. The molecule has 1 N–H and O–H groups in total. The van der Waals surface area contributed by atoms with Crippen LogP contribution in [0.15, 0.2) is 18.6 Å². The summed E-state index contributed by atoms with van der Waals surface area (Å²) >= 11 is 0. The van der Waals surface area contributed by atoms with Gasteiger partial charge >= 0.3 is 0 Å². The molecule has 8 heteroatoms. The maximum Gasteiger partial charge on any atom is 0.280 e. The van der Waals surface area contributed by atoms with Crippen LogP contribution in [0.3, 0.4) is 0 Å². The number of halogens is 3. The predicted molar refractivity (Wildman–Crippen MR) is 76.3 cm³/mol. The number of nitrogens with one attached hydrogen (secondary N) is 1. The van der Waals surface area contributed by atoms with Crippen LogP contribution < -0.4 is 10.1 Å². The van der Waals surface area contributed by atoms with Crippen LogP contribution in [0.25, 0.3) is 5.65 Å². The fraction of sp³-hybridized carbons (Fsp3) is 0.538. The zero-order valence-electron chi connectivity index (χ0n) is 11.5. The molecule has 0 unspecified atom stereocenters. The molecule has 21 heavy (non-hydrogen) atoms. The highest BCUT2D eigenvalue weighted by atomic mass is 35.5. The van der Waals surface area contributed by atoms with Crippen LogP contribution in [0.5, 0.6) is 5.88 Å². The SMILES string of the molecule is C[C@@H]1CC[C@@H](Oc2nccn3c(C(F)F)cnc23)CN1.Cl. The first-order chi connectivity index (χ1) is 9.65. The second-order valence-electron chi connectivity index (χ2n) is 5.04. The average molecular weight is 319 g/mol. The Kier molecular flexibility index (Phi) is 4.95. The molecule has 0 radical (unpaired) electrons. The lowest BCUT2D eigenvalue weighted by molar-refractivity contribution is 0.143. The lowest BCUT2D eigenvalue weighted by atomic mass is 10.0. The fourth-order valence-electron chi connectivity index (χ4n) is 2.39. The zero-order valence-corrected chi connectivity index (χ0v) is 12.3. The number of rotatable bonds is 3. The van der Waals surface area contributed by atoms with Gasteiger partial charge in [-0.25, -0.2) is 18.7 Å². The van der Waals surface area contributed by atoms with Gasteiger partial charge in [0.2, 0.25) is 5.65 Å². The Hall–Kier alpha value is -1.47. The van der Waals surface area contributed by atoms with Crippen molar-refractivity contribution in [1.29, 1.82) is 0 Å². The van der Waals surface area contributed by atoms with Crippen LogP contribution >= 0.6 is 12.4 Å². The van der Waals surface area contributed by atoms with Crippen LogP contribution in [0, 0.1) is 0 Å². The Morgan fingerprint density at radius 2 is 2.19 bits per heavy atom. The van der Waals surface area contributed by atoms with Gasteiger partial charge in [-0.15, -0.1) is 12.4 Å². The Morgan fingerprint density at radius 1 is 1.38 bits per heavy atom. The highest BCUT2D eigenvalue weighted by Crippen LogP contribution is 2.25. The molecule has 116 valence electrons. The van der Waals surface area contributed by atoms with Crippen molar-refractivity contribution in [3.8, 4) is 5.88 Å². The van der Waals surface area contributed by atoms with Crippen LogP contribution in [-0.2, 0) is 0 Å². The monoisotopic (exact) mass is 318 g/mol. The Labute approximate surface area is 127 Å². The minimum Gasteiger partial charge on any atom is -0.470 e. The number of imidazole rings is 1. The number of ether oxygens (including phenoxy) is 1. The highest BCUT2D eigenvalue weighted by molar-refractivity contribution is 5.85. The molecule has 1 aliphatic rings. The molecule has 1 fully saturated rings. The third kappa shape index (κ3) is 3.24. The molecule has 3 heterocycles. The summed E-state index contributed by atoms with van der Waals surface area (Å²) in [6.45, 7) is 2.85. The van der Waals surface area contributed by atoms with E-state index in [1.54, 1.807) is 0 Å². The molecule has 3 rings (SSSR count). The van der Waals surface area contributed by atoms with E-state index in [2.05, 4.69) is 22.2 Å². The molecule has 0 bridgehead atoms. The maximum absolute atomic E-state index is 12.8. The van der Waals surface area contributed by atoms with E-state index in [4.69, 9.17) is 4.74 Å². The summed E-state index contributed by atoms with van der Waals surface area (Å²) in [5.74, 6) is 0.306. The average Bonchev–Trinajstić information content (AvgIpc) is 2.86. The first-order valence-corrected chi connectivity index (χ1v) is 6.65. The van der Waals surface area contributed by atoms with Crippen molar-refractivity contribution in [2.75, 3.05) is 6.54 Å². The van der Waals surface area contributed by atoms with E-state index in [0.717, 1.165) is 25.6 Å². The molecular weight excluding hydrogens is 302 g/mol. The van der Waals surface area contributed by atoms with Crippen molar-refractivity contribution in [2.45, 2.75) is 38.3 Å². The molecule has 0 spiro atoms. The van der Waals surface area contributed by atoms with E-state index in [9.17, 15) is 8.78 Å². The van der Waals surface area contributed by atoms with E-state index >= 15 is 0 Å². The van der Waals surface area contributed by atoms with E-state index in [0.29, 0.717) is 17.6 Å². The van der Waals surface area contributed by atoms with Gasteiger partial charge in [0, 0.05) is 25.0 Å². The van der Waals surface area contributed by atoms with E-state index in [1.807, 2.05) is 0 Å². The Morgan fingerprint density at radius 3 is 2.86 bits per heavy atom. The summed E-state index contributed by atoms with van der Waals surface area (Å²) < 4.78 is 32.8. The van der Waals surface area contributed by atoms with E-state index < -0.39 is 6.43 Å². The van der Waals surface area contributed by atoms with E-state index in [1.165, 1.54) is 16.8 Å². The van der Waals surface area contributed by atoms with Crippen LogP contribution in [0.2, 0.25) is 0 Å². The molecule has 2 aromatic rings. The van der Waals surface area contributed by atoms with Crippen molar-refractivity contribution < 1.29 is 13.5 Å². The highest BCUT2D eigenvalue weighted by Gasteiger charge is 2.22. The van der Waals surface area contributed by atoms with Crippen LogP contribution in [0.4, 0.5) is 8.78 Å². The molecule has 0 saturated carbocycles. The van der Waals surface area contributed by atoms with Gasteiger partial charge in [-0.1, -0.05) is 0 Å². The number of piperidine rings is 1. The first-order valence-electron chi connectivity index (χ1n) is 6.65. The molecule has 5 nitrogen and oxygen atoms in total. The predicted octanol–water partition coefficient (Wildman–Crippen LogP) is 2.61. The second kappa shape index (κ2) is 6.53. The molecule has 2 atom stereocenters. The number of hydrogen-bond acceptors (Lipinski definition) is 4. The van der Waals surface area contributed by atoms with Gasteiger partial charge in [0.25, 0.3) is 12.3 Å². The Bertz CT molecular complexity index is 599. The molecule has 1 aliphatic heterocycles. The number of nitrogens with zero attached hydrogens (tertiary/aromatic N) is 3. The van der Waals surface area contributed by atoms with Crippen molar-refractivity contribution in [1.82, 2.24) is 19.7 Å². The van der Waals surface area contributed by atoms with Crippen molar-refractivity contribution in [2.24, 2.45) is 0 Å². The summed E-state index contributed by atoms with van der Waals surface area (Å²) in [6.07, 6.45) is 3.45. The number of alkyl halides is 2. The standard InChI is InChI=1S/C13H16F2N4O.ClH/c1-8-2-3-9(6-17-8)20-13-12-18-7-10(11(14)15)19(12)5-4-16-13;/h4-5,7-9,11,17H,2-3,6H2,1H3;1H/t8-,9-;/m1./s1. The molecule has 1 saturated heterocycles. The van der Waals surface area contributed by atoms with Gasteiger partial charge < -0.3 is 10.1 Å². The lowest BCUT2D eigenvalue weighted by Crippen LogP contribution is -2.42. The van der Waals surface area contributed by atoms with Gasteiger partial charge in [-0.05, 0) is 19.8 Å². The fourth-order valence-corrected chi connectivity index (χ4v) is 2.39. The summed E-state index contributed by atoms with van der Waals surface area (Å²) in [5.41, 5.74) is 0.184. The van der Waals surface area contributed by atoms with E-state index in [-0.39, 0.29) is 24.2 Å². The number of fused-ring (bicyclic) bond motifs is 1. The van der Waals surface area contributed by atoms with Crippen LogP contribution in [0.1, 0.15) is 31.9 Å². The first kappa shape index (κ1) is 15.9. The van der Waals surface area contributed by atoms with Crippen molar-refractivity contribution in [3.63, 3.8) is 0 Å². The number of hydrogen-bond donors (Lipinski definition) is 1. The zero-order chi connectivity index (χ0) is 14.1. The summed E-state index contributed by atoms with van der Waals surface area (Å²) in [6, 6.07) is 0.482. The minimum absolute atomic E-state index is 0. The van der Waals surface area contributed by atoms with Gasteiger partial charge in [-0.3, -0.25) is 4.40 Å². The third-order valence-corrected chi connectivity index (χ3v) is 3.54. The van der Waals surface area contributed by atoms with Gasteiger partial charge in [-0.2, -0.15) is 0 Å². The van der Waals surface area contributed by atoms with Gasteiger partial charge in [0.15, 0.2) is 0 Å². The Balaban J connectivity index is 0.00000161. The van der Waals surface area contributed by atoms with Gasteiger partial charge in [0.05, 0.1) is 6.20 Å². The topological polar surface area (TPSA) is 51.5 Å². The quantitative estimate of drug-likeness (QED) is 0.945. The summed E-state index contributed by atoms with van der Waals surface area (Å²) in [7, 11) is 0. The minimum atomic E-state index is -2.57. The molecule has 0 amide bonds. The van der Waals surface area contributed by atoms with Crippen LogP contribution in [-0.4, -0.2) is 33.1 Å². The summed E-state index contributed by atoms with van der Waals surface area (Å²) in [5, 5.41) is 3.32. The molecule has 2 aromatic heterocycles. The maximum atomic E-state index is 12.8. The third-order valence-electron chi connectivity index (χ3n) is 3.54. The lowest BCUT2D eigenvalue weighted by Gasteiger charge is -2.27. The smallest absolute Gasteiger partial charge is 0.280 e. The van der Waals surface area contributed by atoms with Crippen molar-refractivity contribution >= 4 is 18.1 Å². The normalized spacial score (nSPS) is 22.3. The number of aromatic nitrogens is 3. The van der Waals surface area contributed by atoms with Crippen molar-refractivity contribution in [3.05, 3.63) is 24.3 Å². The second-order valence-corrected chi connectivity index (χ2v) is 5.04. The summed E-state index contributed by atoms with van der Waals surface area (Å²) in [4.78, 5) is 8.11. The largest absolute Gasteiger partial charge is 0.470 e. The molecule has 0 aromatic carbocycles.